The molecule has 0 heterocycles. The molecular formula is C25H22N4O7. The highest BCUT2D eigenvalue weighted by Crippen LogP contribution is 2.37. The number of carbonyl (C=O) groups is 1. The number of azo groups is 1. The van der Waals surface area contributed by atoms with Gasteiger partial charge in [0.25, 0.3) is 5.69 Å². The minimum atomic E-state index is -0.729. The molecule has 11 nitrogen and oxygen atoms in total. The Bertz CT molecular complexity index is 1350. The number of nitrogens with zero attached hydrogens (tertiary/aromatic N) is 4. The Morgan fingerprint density at radius 1 is 0.778 bits per heavy atom. The average Bonchev–Trinajstić information content (AvgIpc) is 2.87. The lowest BCUT2D eigenvalue weighted by molar-refractivity contribution is -0.393. The van der Waals surface area contributed by atoms with Crippen molar-refractivity contribution in [2.45, 2.75) is 25.7 Å². The highest BCUT2D eigenvalue weighted by Gasteiger charge is 2.21. The topological polar surface area (TPSA) is 147 Å². The lowest BCUT2D eigenvalue weighted by atomic mass is 9.91. The largest absolute Gasteiger partial charge is 0.496 e. The second kappa shape index (κ2) is 10.3. The van der Waals surface area contributed by atoms with Gasteiger partial charge in [0.2, 0.25) is 0 Å². The molecule has 184 valence electrons. The number of aldehydes is 1. The summed E-state index contributed by atoms with van der Waals surface area (Å²) in [5.41, 5.74) is 3.62. The molecule has 4 bridgehead atoms. The first-order chi connectivity index (χ1) is 17.3. The third kappa shape index (κ3) is 4.90. The first kappa shape index (κ1) is 24.5. The summed E-state index contributed by atoms with van der Waals surface area (Å²) in [4.78, 5) is 32.4. The van der Waals surface area contributed by atoms with Crippen LogP contribution in [-0.4, -0.2) is 30.4 Å². The summed E-state index contributed by atoms with van der Waals surface area (Å²) in [7, 11) is 3.21. The monoisotopic (exact) mass is 490 g/mol. The molecule has 0 aromatic heterocycles. The highest BCUT2D eigenvalue weighted by molar-refractivity contribution is 5.76. The van der Waals surface area contributed by atoms with Gasteiger partial charge in [-0.25, -0.2) is 0 Å². The van der Waals surface area contributed by atoms with Crippen LogP contribution in [-0.2, 0) is 25.7 Å². The van der Waals surface area contributed by atoms with Crippen LogP contribution < -0.4 is 9.47 Å². The van der Waals surface area contributed by atoms with Crippen LogP contribution in [0.3, 0.4) is 0 Å². The van der Waals surface area contributed by atoms with E-state index in [1.54, 1.807) is 26.4 Å². The molecule has 1 aliphatic carbocycles. The highest BCUT2D eigenvalue weighted by atomic mass is 16.6. The molecule has 0 N–H and O–H groups in total. The number of aryl methyl sites for hydroxylation is 4. The van der Waals surface area contributed by atoms with E-state index in [0.717, 1.165) is 52.2 Å². The van der Waals surface area contributed by atoms with Gasteiger partial charge in [0.05, 0.1) is 35.8 Å². The zero-order valence-corrected chi connectivity index (χ0v) is 19.6. The number of nitro groups is 2. The van der Waals surface area contributed by atoms with Crippen LogP contribution in [0.1, 0.15) is 32.6 Å². The number of carbonyl (C=O) groups excluding carboxylic acids is 1. The fourth-order valence-corrected chi connectivity index (χ4v) is 4.42. The SMILES string of the molecule is COc1c2cc(C=O)cc1CCc1cc(N=Nc3ccc([N+](=O)[O-])cc3[N+](=O)[O-])cc(c1OC)CC2. The van der Waals surface area contributed by atoms with Gasteiger partial charge in [0, 0.05) is 11.6 Å². The maximum Gasteiger partial charge on any atom is 0.303 e. The Morgan fingerprint density at radius 2 is 1.31 bits per heavy atom. The van der Waals surface area contributed by atoms with Crippen molar-refractivity contribution >= 4 is 29.0 Å². The van der Waals surface area contributed by atoms with E-state index in [4.69, 9.17) is 9.47 Å². The fourth-order valence-electron chi connectivity index (χ4n) is 4.42. The molecule has 0 radical (unpaired) electrons. The predicted octanol–water partition coefficient (Wildman–Crippen LogP) is 5.63. The van der Waals surface area contributed by atoms with E-state index < -0.39 is 21.2 Å². The van der Waals surface area contributed by atoms with Crippen LogP contribution >= 0.6 is 0 Å². The van der Waals surface area contributed by atoms with E-state index in [1.807, 2.05) is 12.1 Å². The summed E-state index contributed by atoms with van der Waals surface area (Å²) in [5, 5.41) is 30.6. The van der Waals surface area contributed by atoms with Gasteiger partial charge in [-0.2, -0.15) is 5.11 Å². The number of non-ortho nitro benzene ring substituents is 1. The molecular weight excluding hydrogens is 468 g/mol. The standard InChI is InChI=1S/C25H22N4O7/c1-35-24-16-3-5-18-11-20(26-27-22-8-7-21(28(31)32)13-23(22)29(33)34)12-19(25(18)36-2)6-4-17(24)10-15(9-16)14-30/h7-14H,3-6H2,1-2H3. The van der Waals surface area contributed by atoms with Crippen LogP contribution in [0.5, 0.6) is 11.5 Å². The van der Waals surface area contributed by atoms with Gasteiger partial charge >= 0.3 is 5.69 Å². The molecule has 0 saturated carbocycles. The molecule has 3 aromatic carbocycles. The molecule has 3 aromatic rings. The zero-order valence-electron chi connectivity index (χ0n) is 19.6. The lowest BCUT2D eigenvalue weighted by Gasteiger charge is -2.20. The molecule has 0 amide bonds. The van der Waals surface area contributed by atoms with E-state index in [9.17, 15) is 25.0 Å². The van der Waals surface area contributed by atoms with Gasteiger partial charge in [-0.15, -0.1) is 5.11 Å². The third-order valence-corrected chi connectivity index (χ3v) is 6.00. The summed E-state index contributed by atoms with van der Waals surface area (Å²) >= 11 is 0. The number of fused-ring (bicyclic) bond motifs is 4. The first-order valence-corrected chi connectivity index (χ1v) is 11.0. The molecule has 0 unspecified atom stereocenters. The van der Waals surface area contributed by atoms with Gasteiger partial charge in [-0.05, 0) is 78.3 Å². The zero-order chi connectivity index (χ0) is 25.8. The summed E-state index contributed by atoms with van der Waals surface area (Å²) in [6.45, 7) is 0. The summed E-state index contributed by atoms with van der Waals surface area (Å²) < 4.78 is 11.4. The molecule has 1 aliphatic rings. The number of hydrogen-bond donors (Lipinski definition) is 0. The van der Waals surface area contributed by atoms with Gasteiger partial charge in [-0.3, -0.25) is 25.0 Å². The van der Waals surface area contributed by atoms with Crippen LogP contribution in [0.4, 0.5) is 22.7 Å². The number of methoxy groups -OCH3 is 2. The van der Waals surface area contributed by atoms with E-state index in [-0.39, 0.29) is 5.69 Å². The van der Waals surface area contributed by atoms with Crippen LogP contribution in [0.15, 0.2) is 52.7 Å². The number of hydrogen-bond acceptors (Lipinski definition) is 9. The minimum absolute atomic E-state index is 0.0910. The van der Waals surface area contributed by atoms with Crippen molar-refractivity contribution in [2.24, 2.45) is 10.2 Å². The Labute approximate surface area is 205 Å². The van der Waals surface area contributed by atoms with E-state index in [2.05, 4.69) is 10.2 Å². The van der Waals surface area contributed by atoms with Crippen molar-refractivity contribution in [3.63, 3.8) is 0 Å². The molecule has 4 rings (SSSR count). The summed E-state index contributed by atoms with van der Waals surface area (Å²) in [6.07, 6.45) is 3.13. The molecule has 0 saturated heterocycles. The average molecular weight is 490 g/mol. The predicted molar refractivity (Wildman–Crippen MR) is 130 cm³/mol. The smallest absolute Gasteiger partial charge is 0.303 e. The van der Waals surface area contributed by atoms with Crippen molar-refractivity contribution in [2.75, 3.05) is 14.2 Å². The second-order valence-electron chi connectivity index (χ2n) is 8.17. The Morgan fingerprint density at radius 3 is 1.75 bits per heavy atom. The van der Waals surface area contributed by atoms with Crippen molar-refractivity contribution < 1.29 is 24.1 Å². The minimum Gasteiger partial charge on any atom is -0.496 e. The molecule has 0 fully saturated rings. The Hall–Kier alpha value is -4.67. The van der Waals surface area contributed by atoms with E-state index >= 15 is 0 Å². The van der Waals surface area contributed by atoms with Crippen LogP contribution in [0.25, 0.3) is 0 Å². The molecule has 36 heavy (non-hydrogen) atoms. The Kier molecular flexibility index (Phi) is 7.00. The van der Waals surface area contributed by atoms with E-state index in [0.29, 0.717) is 36.9 Å². The number of ether oxygens (including phenoxy) is 2. The van der Waals surface area contributed by atoms with Crippen molar-refractivity contribution in [3.05, 3.63) is 90.5 Å². The molecule has 0 aliphatic heterocycles. The number of rotatable bonds is 7. The van der Waals surface area contributed by atoms with Gasteiger partial charge in [0.15, 0.2) is 5.69 Å². The number of nitro benzene ring substituents is 2. The van der Waals surface area contributed by atoms with E-state index in [1.165, 1.54) is 6.07 Å². The quantitative estimate of drug-likeness (QED) is 0.180. The normalized spacial score (nSPS) is 12.7. The van der Waals surface area contributed by atoms with Crippen molar-refractivity contribution in [1.82, 2.24) is 0 Å². The van der Waals surface area contributed by atoms with Gasteiger partial charge in [0.1, 0.15) is 17.8 Å². The third-order valence-electron chi connectivity index (χ3n) is 6.00. The Balaban J connectivity index is 1.74. The molecule has 0 spiro atoms. The summed E-state index contributed by atoms with van der Waals surface area (Å²) in [6, 6.07) is 10.4. The molecule has 11 heteroatoms. The molecule has 0 atom stereocenters. The maximum atomic E-state index is 11.5. The number of benzene rings is 3. The first-order valence-electron chi connectivity index (χ1n) is 11.0. The van der Waals surface area contributed by atoms with Gasteiger partial charge in [-0.1, -0.05) is 0 Å². The van der Waals surface area contributed by atoms with Crippen LogP contribution in [0.2, 0.25) is 0 Å². The fraction of sp³-hybridized carbons (Fsp3) is 0.240. The van der Waals surface area contributed by atoms with Crippen molar-refractivity contribution in [3.8, 4) is 11.5 Å². The van der Waals surface area contributed by atoms with Crippen molar-refractivity contribution in [1.29, 1.82) is 0 Å². The maximum absolute atomic E-state index is 11.5. The summed E-state index contributed by atoms with van der Waals surface area (Å²) in [5.74, 6) is 1.50. The van der Waals surface area contributed by atoms with Gasteiger partial charge < -0.3 is 9.47 Å². The second-order valence-corrected chi connectivity index (χ2v) is 8.17. The van der Waals surface area contributed by atoms with Crippen LogP contribution in [0, 0.1) is 20.2 Å². The lowest BCUT2D eigenvalue weighted by Crippen LogP contribution is -2.07.